The van der Waals surface area contributed by atoms with Crippen LogP contribution in [-0.4, -0.2) is 77.7 Å². The van der Waals surface area contributed by atoms with E-state index in [1.165, 1.54) is 31.0 Å². The molecule has 50 heavy (non-hydrogen) atoms. The number of nitrogens with zero attached hydrogens (tertiary/aromatic N) is 1. The highest BCUT2D eigenvalue weighted by atomic mass is 35.5. The van der Waals surface area contributed by atoms with E-state index in [1.54, 1.807) is 18.2 Å². The second kappa shape index (κ2) is 13.7. The molecule has 11 nitrogen and oxygen atoms in total. The molecule has 4 heterocycles. The average Bonchev–Trinajstić information content (AvgIpc) is 3.23. The normalized spacial score (nSPS) is 29.5. The van der Waals surface area contributed by atoms with Crippen molar-refractivity contribution in [2.45, 2.75) is 93.3 Å². The Morgan fingerprint density at radius 2 is 1.98 bits per heavy atom. The standard InChI is InChI=1S/C37H46ClN3O8S/c1-4-26-28-20-41-21-37(13-5-7-23-17-30(38)27(28)19-29(23)37)22-47-33-10-9-25(18-31(33)41)50(44,45)40-34(42)36(2,3)48-14-6-8-32(26)49-35(43)39-24-11-15-46-16-12-24/h6,8-10,17-19,24,26,28,32H,4-5,7,11-16,20-22H2,1-3H3,(H,39,43)(H,40,42)/b8-6+/t26-,28+,32+,37+/m1/s1. The summed E-state index contributed by atoms with van der Waals surface area (Å²) in [4.78, 5) is 29.0. The molecule has 4 aliphatic heterocycles. The molecule has 1 aliphatic carbocycles. The quantitative estimate of drug-likeness (QED) is 0.400. The van der Waals surface area contributed by atoms with Gasteiger partial charge in [-0.3, -0.25) is 4.79 Å². The number of carbonyl (C=O) groups is 2. The fourth-order valence-electron chi connectivity index (χ4n) is 8.29. The Hall–Kier alpha value is -3.32. The molecular formula is C37H46ClN3O8S. The van der Waals surface area contributed by atoms with Crippen molar-refractivity contribution in [3.63, 3.8) is 0 Å². The molecule has 7 rings (SSSR count). The predicted octanol–water partition coefficient (Wildman–Crippen LogP) is 5.38. The number of benzene rings is 2. The number of fused-ring (bicyclic) bond motifs is 4. The number of ether oxygens (including phenoxy) is 4. The number of hydrogen-bond acceptors (Lipinski definition) is 9. The molecule has 1 saturated heterocycles. The van der Waals surface area contributed by atoms with E-state index in [0.717, 1.165) is 24.8 Å². The molecule has 4 atom stereocenters. The Morgan fingerprint density at radius 3 is 2.76 bits per heavy atom. The van der Waals surface area contributed by atoms with Crippen LogP contribution >= 0.6 is 11.6 Å². The summed E-state index contributed by atoms with van der Waals surface area (Å²) in [7, 11) is -4.26. The molecule has 0 aromatic heterocycles. The molecule has 2 N–H and O–H groups in total. The summed E-state index contributed by atoms with van der Waals surface area (Å²) in [5.74, 6) is -0.686. The van der Waals surface area contributed by atoms with Gasteiger partial charge in [0.15, 0.2) is 0 Å². The van der Waals surface area contributed by atoms with Crippen LogP contribution in [-0.2, 0) is 40.9 Å². The van der Waals surface area contributed by atoms with Crippen molar-refractivity contribution in [1.29, 1.82) is 0 Å². The van der Waals surface area contributed by atoms with Crippen LogP contribution in [0, 0.1) is 5.92 Å². The van der Waals surface area contributed by atoms with E-state index < -0.39 is 33.7 Å². The molecule has 0 unspecified atom stereocenters. The van der Waals surface area contributed by atoms with Gasteiger partial charge >= 0.3 is 6.09 Å². The first-order valence-corrected chi connectivity index (χ1v) is 19.5. The average molecular weight is 728 g/mol. The van der Waals surface area contributed by atoms with E-state index in [-0.39, 0.29) is 34.8 Å². The summed E-state index contributed by atoms with van der Waals surface area (Å²) < 4.78 is 53.8. The summed E-state index contributed by atoms with van der Waals surface area (Å²) >= 11 is 7.19. The van der Waals surface area contributed by atoms with Crippen LogP contribution in [0.4, 0.5) is 10.5 Å². The molecule has 13 heteroatoms. The van der Waals surface area contributed by atoms with Crippen LogP contribution in [0.2, 0.25) is 5.02 Å². The number of hydrogen-bond donors (Lipinski definition) is 2. The zero-order valence-electron chi connectivity index (χ0n) is 28.8. The van der Waals surface area contributed by atoms with Crippen molar-refractivity contribution >= 4 is 39.3 Å². The summed E-state index contributed by atoms with van der Waals surface area (Å²) in [5.41, 5.74) is 2.17. The number of rotatable bonds is 3. The van der Waals surface area contributed by atoms with Crippen LogP contribution in [0.5, 0.6) is 5.75 Å². The molecule has 2 aromatic rings. The fourth-order valence-corrected chi connectivity index (χ4v) is 9.74. The zero-order chi connectivity index (χ0) is 35.3. The third-order valence-electron chi connectivity index (χ3n) is 11.1. The van der Waals surface area contributed by atoms with E-state index in [1.807, 2.05) is 6.08 Å². The first-order chi connectivity index (χ1) is 23.9. The van der Waals surface area contributed by atoms with Crippen molar-refractivity contribution in [3.8, 4) is 5.75 Å². The molecule has 2 amide bonds. The number of anilines is 1. The number of halogens is 1. The molecule has 1 fully saturated rings. The van der Waals surface area contributed by atoms with Crippen LogP contribution in [0.3, 0.4) is 0 Å². The maximum Gasteiger partial charge on any atom is 0.407 e. The van der Waals surface area contributed by atoms with Gasteiger partial charge in [-0.2, -0.15) is 0 Å². The number of alkyl carbamates (subject to hydrolysis) is 1. The van der Waals surface area contributed by atoms with Crippen molar-refractivity contribution in [1.82, 2.24) is 10.0 Å². The number of carbonyl (C=O) groups excluding carboxylic acids is 2. The van der Waals surface area contributed by atoms with Gasteiger partial charge in [0.25, 0.3) is 15.9 Å². The number of nitrogens with one attached hydrogen (secondary N) is 2. The molecular weight excluding hydrogens is 682 g/mol. The Labute approximate surface area is 299 Å². The van der Waals surface area contributed by atoms with E-state index in [4.69, 9.17) is 30.5 Å². The molecule has 7 bridgehead atoms. The summed E-state index contributed by atoms with van der Waals surface area (Å²) in [6, 6.07) is 9.08. The fraction of sp³-hybridized carbons (Fsp3) is 0.568. The van der Waals surface area contributed by atoms with Crippen LogP contribution < -0.4 is 19.7 Å². The third-order valence-corrected chi connectivity index (χ3v) is 12.8. The molecule has 0 radical (unpaired) electrons. The minimum absolute atomic E-state index is 0.0204. The van der Waals surface area contributed by atoms with Crippen molar-refractivity contribution in [2.75, 3.05) is 44.4 Å². The van der Waals surface area contributed by atoms with Gasteiger partial charge in [-0.05, 0) is 99.4 Å². The van der Waals surface area contributed by atoms with Gasteiger partial charge in [-0.1, -0.05) is 30.7 Å². The monoisotopic (exact) mass is 727 g/mol. The van der Waals surface area contributed by atoms with E-state index in [0.29, 0.717) is 68.6 Å². The van der Waals surface area contributed by atoms with Gasteiger partial charge in [-0.25, -0.2) is 17.9 Å². The maximum absolute atomic E-state index is 13.7. The minimum atomic E-state index is -4.26. The Balaban J connectivity index is 1.37. The van der Waals surface area contributed by atoms with Gasteiger partial charge in [0, 0.05) is 54.6 Å². The van der Waals surface area contributed by atoms with Gasteiger partial charge < -0.3 is 29.2 Å². The Kier molecular flexibility index (Phi) is 9.59. The van der Waals surface area contributed by atoms with Crippen LogP contribution in [0.1, 0.15) is 75.5 Å². The highest BCUT2D eigenvalue weighted by Gasteiger charge is 2.46. The maximum atomic E-state index is 13.7. The van der Waals surface area contributed by atoms with Gasteiger partial charge in [-0.15, -0.1) is 0 Å². The zero-order valence-corrected chi connectivity index (χ0v) is 30.4. The Morgan fingerprint density at radius 1 is 1.18 bits per heavy atom. The van der Waals surface area contributed by atoms with E-state index >= 15 is 0 Å². The lowest BCUT2D eigenvalue weighted by Gasteiger charge is -2.45. The number of sulfonamides is 1. The second-order valence-corrected chi connectivity index (χ2v) is 16.8. The largest absolute Gasteiger partial charge is 0.490 e. The molecule has 2 aromatic carbocycles. The molecule has 0 saturated carbocycles. The lowest BCUT2D eigenvalue weighted by Crippen LogP contribution is -2.49. The SMILES string of the molecule is CC[C@H]1[C@@H](OC(=O)NC2CCOCC2)/C=C/COC(C)(C)C(=O)NS(=O)(=O)c2ccc3c(c2)N2C[C@@H]1c1cc4c(cc1Cl)CCC[C@@]4(CO3)C2. The van der Waals surface area contributed by atoms with E-state index in [9.17, 15) is 18.0 Å². The molecule has 5 aliphatic rings. The topological polar surface area (TPSA) is 132 Å². The van der Waals surface area contributed by atoms with Crippen LogP contribution in [0.25, 0.3) is 0 Å². The van der Waals surface area contributed by atoms with Crippen LogP contribution in [0.15, 0.2) is 47.4 Å². The summed E-state index contributed by atoms with van der Waals surface area (Å²) in [6.45, 7) is 7.74. The van der Waals surface area contributed by atoms with E-state index in [2.05, 4.69) is 34.0 Å². The van der Waals surface area contributed by atoms with Gasteiger partial charge in [0.1, 0.15) is 17.5 Å². The minimum Gasteiger partial charge on any atom is -0.490 e. The highest BCUT2D eigenvalue weighted by molar-refractivity contribution is 7.90. The lowest BCUT2D eigenvalue weighted by atomic mass is 9.67. The lowest BCUT2D eigenvalue weighted by molar-refractivity contribution is -0.139. The van der Waals surface area contributed by atoms with Gasteiger partial charge in [0.2, 0.25) is 0 Å². The van der Waals surface area contributed by atoms with Crippen molar-refractivity contribution < 1.29 is 37.0 Å². The molecule has 1 spiro atoms. The van der Waals surface area contributed by atoms with Crippen molar-refractivity contribution in [2.24, 2.45) is 5.92 Å². The highest BCUT2D eigenvalue weighted by Crippen LogP contribution is 2.50. The number of amides is 2. The predicted molar refractivity (Wildman–Crippen MR) is 188 cm³/mol. The van der Waals surface area contributed by atoms with Crippen molar-refractivity contribution in [3.05, 3.63) is 64.2 Å². The first-order valence-electron chi connectivity index (χ1n) is 17.7. The molecule has 270 valence electrons. The third kappa shape index (κ3) is 6.71. The Bertz CT molecular complexity index is 1790. The van der Waals surface area contributed by atoms with Gasteiger partial charge in [0.05, 0.1) is 23.8 Å². The summed E-state index contributed by atoms with van der Waals surface area (Å²) in [5, 5.41) is 3.70. The first kappa shape index (κ1) is 35.1. The smallest absolute Gasteiger partial charge is 0.407 e. The number of aryl methyl sites for hydroxylation is 1. The summed E-state index contributed by atoms with van der Waals surface area (Å²) in [6.07, 6.45) is 7.22. The second-order valence-electron chi connectivity index (χ2n) is 14.7.